The van der Waals surface area contributed by atoms with E-state index in [1.54, 1.807) is 23.7 Å². The molecule has 6 nitrogen and oxygen atoms in total. The molecule has 7 heteroatoms. The van der Waals surface area contributed by atoms with Crippen molar-refractivity contribution in [2.45, 2.75) is 13.8 Å². The van der Waals surface area contributed by atoms with Crippen LogP contribution in [0.4, 0.5) is 0 Å². The summed E-state index contributed by atoms with van der Waals surface area (Å²) in [5.74, 6) is -0.239. The number of halogens is 1. The van der Waals surface area contributed by atoms with Crippen molar-refractivity contribution in [2.75, 3.05) is 19.7 Å². The Hall–Kier alpha value is -1.92. The number of amides is 1. The van der Waals surface area contributed by atoms with Gasteiger partial charge in [-0.2, -0.15) is 0 Å². The third kappa shape index (κ3) is 3.22. The average Bonchev–Trinajstić information content (AvgIpc) is 2.85. The van der Waals surface area contributed by atoms with E-state index in [1.165, 1.54) is 4.90 Å². The highest BCUT2D eigenvalue weighted by molar-refractivity contribution is 6.30. The molecular weight excluding hydrogens is 292 g/mol. The van der Waals surface area contributed by atoms with E-state index >= 15 is 0 Å². The summed E-state index contributed by atoms with van der Waals surface area (Å²) in [5, 5.41) is 17.6. The van der Waals surface area contributed by atoms with Gasteiger partial charge >= 0.3 is 0 Å². The van der Waals surface area contributed by atoms with E-state index in [-0.39, 0.29) is 24.8 Å². The monoisotopic (exact) mass is 308 g/mol. The van der Waals surface area contributed by atoms with Crippen molar-refractivity contribution < 1.29 is 9.90 Å². The second-order valence-electron chi connectivity index (χ2n) is 4.52. The maximum absolute atomic E-state index is 12.4. The van der Waals surface area contributed by atoms with Crippen LogP contribution in [0.5, 0.6) is 0 Å². The molecule has 0 fully saturated rings. The Balaban J connectivity index is 2.34. The predicted octanol–water partition coefficient (Wildman–Crippen LogP) is 1.68. The lowest BCUT2D eigenvalue weighted by molar-refractivity contribution is 0.0725. The topological polar surface area (TPSA) is 71.2 Å². The Morgan fingerprint density at radius 1 is 1.48 bits per heavy atom. The molecule has 0 saturated carbocycles. The molecule has 1 aromatic heterocycles. The van der Waals surface area contributed by atoms with Crippen molar-refractivity contribution in [3.05, 3.63) is 40.7 Å². The standard InChI is InChI=1S/C14H17ClN4O2/c1-3-18(7-8-20)14(21)13-10(2)19(17-16-13)12-6-4-5-11(15)9-12/h4-6,9,20H,3,7-8H2,1-2H3. The van der Waals surface area contributed by atoms with Crippen molar-refractivity contribution >= 4 is 17.5 Å². The maximum atomic E-state index is 12.4. The van der Waals surface area contributed by atoms with Gasteiger partial charge in [-0.05, 0) is 32.0 Å². The van der Waals surface area contributed by atoms with Crippen molar-refractivity contribution in [3.63, 3.8) is 0 Å². The Labute approximate surface area is 127 Å². The van der Waals surface area contributed by atoms with Gasteiger partial charge in [-0.1, -0.05) is 22.9 Å². The second-order valence-corrected chi connectivity index (χ2v) is 4.96. The zero-order valence-electron chi connectivity index (χ0n) is 12.0. The van der Waals surface area contributed by atoms with Crippen LogP contribution in [0.25, 0.3) is 5.69 Å². The van der Waals surface area contributed by atoms with Crippen LogP contribution in [0, 0.1) is 6.92 Å². The SMILES string of the molecule is CCN(CCO)C(=O)c1nnn(-c2cccc(Cl)c2)c1C. The summed E-state index contributed by atoms with van der Waals surface area (Å²) in [7, 11) is 0. The van der Waals surface area contributed by atoms with E-state index < -0.39 is 0 Å². The molecule has 1 heterocycles. The van der Waals surface area contributed by atoms with Crippen LogP contribution in [0.1, 0.15) is 23.1 Å². The Morgan fingerprint density at radius 3 is 2.86 bits per heavy atom. The first-order valence-corrected chi connectivity index (χ1v) is 7.04. The van der Waals surface area contributed by atoms with Gasteiger partial charge in [0.05, 0.1) is 18.0 Å². The van der Waals surface area contributed by atoms with Crippen LogP contribution in [0.15, 0.2) is 24.3 Å². The molecule has 0 bridgehead atoms. The maximum Gasteiger partial charge on any atom is 0.276 e. The molecule has 0 saturated heterocycles. The Morgan fingerprint density at radius 2 is 2.24 bits per heavy atom. The van der Waals surface area contributed by atoms with Gasteiger partial charge in [0.25, 0.3) is 5.91 Å². The van der Waals surface area contributed by atoms with Crippen LogP contribution in [0.3, 0.4) is 0 Å². The largest absolute Gasteiger partial charge is 0.395 e. The zero-order valence-corrected chi connectivity index (χ0v) is 12.7. The number of nitrogens with zero attached hydrogens (tertiary/aromatic N) is 4. The quantitative estimate of drug-likeness (QED) is 0.912. The summed E-state index contributed by atoms with van der Waals surface area (Å²) in [6.45, 7) is 4.33. The highest BCUT2D eigenvalue weighted by atomic mass is 35.5. The highest BCUT2D eigenvalue weighted by Gasteiger charge is 2.21. The highest BCUT2D eigenvalue weighted by Crippen LogP contribution is 2.17. The predicted molar refractivity (Wildman–Crippen MR) is 79.8 cm³/mol. The van der Waals surface area contributed by atoms with Gasteiger partial charge in [-0.3, -0.25) is 4.79 Å². The summed E-state index contributed by atoms with van der Waals surface area (Å²) in [4.78, 5) is 13.9. The Bertz CT molecular complexity index is 642. The van der Waals surface area contributed by atoms with Gasteiger partial charge in [0.2, 0.25) is 0 Å². The molecule has 0 atom stereocenters. The molecule has 1 amide bonds. The number of aromatic nitrogens is 3. The number of carbonyl (C=O) groups excluding carboxylic acids is 1. The summed E-state index contributed by atoms with van der Waals surface area (Å²) in [6, 6.07) is 7.17. The molecule has 0 unspecified atom stereocenters. The first-order valence-electron chi connectivity index (χ1n) is 6.66. The molecule has 0 aliphatic carbocycles. The normalized spacial score (nSPS) is 10.7. The van der Waals surface area contributed by atoms with Gasteiger partial charge in [0.1, 0.15) is 0 Å². The number of carbonyl (C=O) groups is 1. The summed E-state index contributed by atoms with van der Waals surface area (Å²) in [6.07, 6.45) is 0. The molecule has 2 aromatic rings. The number of rotatable bonds is 5. The molecule has 0 aliphatic rings. The molecule has 2 rings (SSSR count). The van der Waals surface area contributed by atoms with E-state index in [9.17, 15) is 4.79 Å². The number of benzene rings is 1. The molecular formula is C14H17ClN4O2. The van der Waals surface area contributed by atoms with Crippen molar-refractivity contribution in [1.82, 2.24) is 19.9 Å². The van der Waals surface area contributed by atoms with Crippen molar-refractivity contribution in [3.8, 4) is 5.69 Å². The minimum atomic E-state index is -0.239. The van der Waals surface area contributed by atoms with E-state index in [0.29, 0.717) is 17.3 Å². The minimum Gasteiger partial charge on any atom is -0.395 e. The van der Waals surface area contributed by atoms with Crippen molar-refractivity contribution in [2.24, 2.45) is 0 Å². The number of aliphatic hydroxyl groups is 1. The molecule has 0 spiro atoms. The summed E-state index contributed by atoms with van der Waals surface area (Å²) in [5.41, 5.74) is 1.67. The smallest absolute Gasteiger partial charge is 0.276 e. The average molecular weight is 309 g/mol. The molecule has 1 aromatic carbocycles. The first kappa shape index (κ1) is 15.5. The lowest BCUT2D eigenvalue weighted by Gasteiger charge is -2.18. The van der Waals surface area contributed by atoms with Crippen LogP contribution in [-0.2, 0) is 0 Å². The van der Waals surface area contributed by atoms with Crippen LogP contribution in [-0.4, -0.2) is 50.6 Å². The fourth-order valence-electron chi connectivity index (χ4n) is 2.05. The van der Waals surface area contributed by atoms with Gasteiger partial charge < -0.3 is 10.0 Å². The van der Waals surface area contributed by atoms with E-state index in [2.05, 4.69) is 10.3 Å². The van der Waals surface area contributed by atoms with Crippen LogP contribution < -0.4 is 0 Å². The van der Waals surface area contributed by atoms with E-state index in [4.69, 9.17) is 16.7 Å². The Kier molecular flexibility index (Phi) is 4.93. The second kappa shape index (κ2) is 6.69. The third-order valence-electron chi connectivity index (χ3n) is 3.19. The summed E-state index contributed by atoms with van der Waals surface area (Å²) < 4.78 is 1.58. The zero-order chi connectivity index (χ0) is 15.4. The van der Waals surface area contributed by atoms with Gasteiger partial charge in [0.15, 0.2) is 5.69 Å². The number of likely N-dealkylation sites (N-methyl/N-ethyl adjacent to an activating group) is 1. The van der Waals surface area contributed by atoms with Gasteiger partial charge in [0, 0.05) is 18.1 Å². The molecule has 1 N–H and O–H groups in total. The molecule has 0 radical (unpaired) electrons. The lowest BCUT2D eigenvalue weighted by Crippen LogP contribution is -2.34. The van der Waals surface area contributed by atoms with Crippen LogP contribution in [0.2, 0.25) is 5.02 Å². The molecule has 112 valence electrons. The molecule has 21 heavy (non-hydrogen) atoms. The van der Waals surface area contributed by atoms with Crippen LogP contribution >= 0.6 is 11.6 Å². The van der Waals surface area contributed by atoms with Crippen molar-refractivity contribution in [1.29, 1.82) is 0 Å². The number of hydrogen-bond acceptors (Lipinski definition) is 4. The number of aliphatic hydroxyl groups excluding tert-OH is 1. The van der Waals surface area contributed by atoms with E-state index in [0.717, 1.165) is 5.69 Å². The first-order chi connectivity index (χ1) is 10.1. The minimum absolute atomic E-state index is 0.0823. The van der Waals surface area contributed by atoms with E-state index in [1.807, 2.05) is 19.1 Å². The molecule has 0 aliphatic heterocycles. The fraction of sp³-hybridized carbons (Fsp3) is 0.357. The summed E-state index contributed by atoms with van der Waals surface area (Å²) >= 11 is 5.97. The third-order valence-corrected chi connectivity index (χ3v) is 3.42. The van der Waals surface area contributed by atoms with Gasteiger partial charge in [-0.25, -0.2) is 4.68 Å². The number of hydrogen-bond donors (Lipinski definition) is 1. The fourth-order valence-corrected chi connectivity index (χ4v) is 2.24. The van der Waals surface area contributed by atoms with Gasteiger partial charge in [-0.15, -0.1) is 5.10 Å². The lowest BCUT2D eigenvalue weighted by atomic mass is 10.2.